The highest BCUT2D eigenvalue weighted by molar-refractivity contribution is 5.38. The van der Waals surface area contributed by atoms with Gasteiger partial charge in [0.2, 0.25) is 0 Å². The lowest BCUT2D eigenvalue weighted by atomic mass is 10.2. The molecule has 0 saturated heterocycles. The molecule has 0 unspecified atom stereocenters. The van der Waals surface area contributed by atoms with Gasteiger partial charge < -0.3 is 15.2 Å². The van der Waals surface area contributed by atoms with E-state index in [1.54, 1.807) is 12.4 Å². The van der Waals surface area contributed by atoms with Crippen molar-refractivity contribution in [2.75, 3.05) is 6.61 Å². The average molecular weight is 244 g/mol. The Bertz CT molecular complexity index is 515. The topological polar surface area (TPSA) is 57.4 Å². The van der Waals surface area contributed by atoms with Crippen LogP contribution in [0.3, 0.4) is 0 Å². The molecule has 0 aliphatic rings. The molecule has 0 radical (unpaired) electrons. The zero-order valence-electron chi connectivity index (χ0n) is 10.3. The summed E-state index contributed by atoms with van der Waals surface area (Å²) in [6.45, 7) is 2.99. The van der Waals surface area contributed by atoms with E-state index in [9.17, 15) is 0 Å². The van der Waals surface area contributed by atoms with Crippen molar-refractivity contribution in [1.29, 1.82) is 0 Å². The first-order chi connectivity index (χ1) is 8.83. The van der Waals surface area contributed by atoms with E-state index >= 15 is 0 Å². The number of aromatic nitrogens is 1. The van der Waals surface area contributed by atoms with Crippen LogP contribution in [0.25, 0.3) is 0 Å². The second kappa shape index (κ2) is 6.02. The third-order valence-electron chi connectivity index (χ3n) is 2.43. The summed E-state index contributed by atoms with van der Waals surface area (Å²) < 4.78 is 11.2. The molecule has 0 fully saturated rings. The van der Waals surface area contributed by atoms with Gasteiger partial charge in [-0.15, -0.1) is 0 Å². The van der Waals surface area contributed by atoms with Gasteiger partial charge in [0.1, 0.15) is 17.2 Å². The molecule has 4 nitrogen and oxygen atoms in total. The molecule has 2 aromatic rings. The first-order valence-corrected chi connectivity index (χ1v) is 5.87. The predicted octanol–water partition coefficient (Wildman–Crippen LogP) is 2.73. The van der Waals surface area contributed by atoms with Crippen LogP contribution >= 0.6 is 0 Å². The van der Waals surface area contributed by atoms with E-state index in [0.29, 0.717) is 24.7 Å². The molecule has 2 rings (SSSR count). The van der Waals surface area contributed by atoms with E-state index in [2.05, 4.69) is 4.98 Å². The maximum atomic E-state index is 5.76. The van der Waals surface area contributed by atoms with Gasteiger partial charge in [0, 0.05) is 24.4 Å². The second-order valence-corrected chi connectivity index (χ2v) is 3.70. The zero-order chi connectivity index (χ0) is 12.8. The summed E-state index contributed by atoms with van der Waals surface area (Å²) in [5.41, 5.74) is 6.57. The Kier molecular flexibility index (Phi) is 4.15. The second-order valence-electron chi connectivity index (χ2n) is 3.70. The zero-order valence-corrected chi connectivity index (χ0v) is 10.3. The van der Waals surface area contributed by atoms with Crippen LogP contribution in [0.4, 0.5) is 0 Å². The van der Waals surface area contributed by atoms with Crippen LogP contribution in [0, 0.1) is 0 Å². The van der Waals surface area contributed by atoms with Gasteiger partial charge in [-0.25, -0.2) is 0 Å². The lowest BCUT2D eigenvalue weighted by Gasteiger charge is -2.10. The fourth-order valence-electron chi connectivity index (χ4n) is 1.59. The number of ether oxygens (including phenoxy) is 2. The highest BCUT2D eigenvalue weighted by Crippen LogP contribution is 2.26. The summed E-state index contributed by atoms with van der Waals surface area (Å²) in [4.78, 5) is 4.04. The van der Waals surface area contributed by atoms with Gasteiger partial charge in [-0.05, 0) is 25.1 Å². The standard InChI is InChI=1S/C14H16N2O2/c1-2-17-12-4-3-5-13(8-12)18-14-10-16-7-6-11(14)9-15/h3-8,10H,2,9,15H2,1H3. The minimum Gasteiger partial charge on any atom is -0.494 e. The quantitative estimate of drug-likeness (QED) is 0.878. The largest absolute Gasteiger partial charge is 0.494 e. The van der Waals surface area contributed by atoms with Crippen LogP contribution in [0.5, 0.6) is 17.2 Å². The molecule has 0 amide bonds. The van der Waals surface area contributed by atoms with Crippen molar-refractivity contribution in [1.82, 2.24) is 4.98 Å². The maximum Gasteiger partial charge on any atom is 0.150 e. The van der Waals surface area contributed by atoms with Crippen molar-refractivity contribution < 1.29 is 9.47 Å². The Morgan fingerprint density at radius 3 is 2.83 bits per heavy atom. The highest BCUT2D eigenvalue weighted by atomic mass is 16.5. The molecule has 1 aromatic carbocycles. The van der Waals surface area contributed by atoms with Crippen LogP contribution in [0.2, 0.25) is 0 Å². The molecule has 2 N–H and O–H groups in total. The van der Waals surface area contributed by atoms with Crippen molar-refractivity contribution in [2.45, 2.75) is 13.5 Å². The first-order valence-electron chi connectivity index (χ1n) is 5.87. The Labute approximate surface area is 106 Å². The number of rotatable bonds is 5. The smallest absolute Gasteiger partial charge is 0.150 e. The van der Waals surface area contributed by atoms with Crippen molar-refractivity contribution >= 4 is 0 Å². The summed E-state index contributed by atoms with van der Waals surface area (Å²) >= 11 is 0. The molecular weight excluding hydrogens is 228 g/mol. The minimum atomic E-state index is 0.420. The average Bonchev–Trinajstić information content (AvgIpc) is 2.40. The van der Waals surface area contributed by atoms with Crippen LogP contribution < -0.4 is 15.2 Å². The fourth-order valence-corrected chi connectivity index (χ4v) is 1.59. The lowest BCUT2D eigenvalue weighted by Crippen LogP contribution is -2.00. The third kappa shape index (κ3) is 2.99. The molecule has 94 valence electrons. The van der Waals surface area contributed by atoms with Crippen LogP contribution in [0.15, 0.2) is 42.7 Å². The Morgan fingerprint density at radius 1 is 1.22 bits per heavy atom. The predicted molar refractivity (Wildman–Crippen MR) is 69.8 cm³/mol. The Hall–Kier alpha value is -2.07. The van der Waals surface area contributed by atoms with Gasteiger partial charge in [-0.3, -0.25) is 4.98 Å². The minimum absolute atomic E-state index is 0.420. The van der Waals surface area contributed by atoms with E-state index in [0.717, 1.165) is 11.3 Å². The number of benzene rings is 1. The molecule has 18 heavy (non-hydrogen) atoms. The van der Waals surface area contributed by atoms with Gasteiger partial charge in [0.05, 0.1) is 12.8 Å². The van der Waals surface area contributed by atoms with E-state index in [1.807, 2.05) is 37.3 Å². The number of pyridine rings is 1. The summed E-state index contributed by atoms with van der Waals surface area (Å²) in [7, 11) is 0. The monoisotopic (exact) mass is 244 g/mol. The fraction of sp³-hybridized carbons (Fsp3) is 0.214. The van der Waals surface area contributed by atoms with E-state index in [-0.39, 0.29) is 0 Å². The van der Waals surface area contributed by atoms with Crippen molar-refractivity contribution in [2.24, 2.45) is 5.73 Å². The summed E-state index contributed by atoms with van der Waals surface area (Å²) in [6, 6.07) is 9.34. The van der Waals surface area contributed by atoms with Crippen molar-refractivity contribution in [3.05, 3.63) is 48.3 Å². The van der Waals surface area contributed by atoms with E-state index < -0.39 is 0 Å². The van der Waals surface area contributed by atoms with E-state index in [1.165, 1.54) is 0 Å². The van der Waals surface area contributed by atoms with Crippen LogP contribution in [-0.4, -0.2) is 11.6 Å². The SMILES string of the molecule is CCOc1cccc(Oc2cnccc2CN)c1. The molecular formula is C14H16N2O2. The van der Waals surface area contributed by atoms with Gasteiger partial charge >= 0.3 is 0 Å². The molecule has 0 aliphatic heterocycles. The summed E-state index contributed by atoms with van der Waals surface area (Å²) in [5, 5.41) is 0. The summed E-state index contributed by atoms with van der Waals surface area (Å²) in [5.74, 6) is 2.17. The number of hydrogen-bond acceptors (Lipinski definition) is 4. The molecule has 1 heterocycles. The van der Waals surface area contributed by atoms with Crippen molar-refractivity contribution in [3.63, 3.8) is 0 Å². The van der Waals surface area contributed by atoms with Crippen LogP contribution in [0.1, 0.15) is 12.5 Å². The van der Waals surface area contributed by atoms with Crippen molar-refractivity contribution in [3.8, 4) is 17.2 Å². The Balaban J connectivity index is 2.20. The molecule has 0 spiro atoms. The van der Waals surface area contributed by atoms with Crippen LogP contribution in [-0.2, 0) is 6.54 Å². The number of hydrogen-bond donors (Lipinski definition) is 1. The normalized spacial score (nSPS) is 10.1. The van der Waals surface area contributed by atoms with Gasteiger partial charge in [-0.1, -0.05) is 6.07 Å². The number of nitrogens with two attached hydrogens (primary N) is 1. The molecule has 0 saturated carbocycles. The molecule has 0 aliphatic carbocycles. The molecule has 0 bridgehead atoms. The molecule has 4 heteroatoms. The highest BCUT2D eigenvalue weighted by Gasteiger charge is 2.04. The van der Waals surface area contributed by atoms with E-state index in [4.69, 9.17) is 15.2 Å². The summed E-state index contributed by atoms with van der Waals surface area (Å²) in [6.07, 6.45) is 3.36. The first kappa shape index (κ1) is 12.4. The molecule has 1 aromatic heterocycles. The molecule has 0 atom stereocenters. The van der Waals surface area contributed by atoms with Gasteiger partial charge in [-0.2, -0.15) is 0 Å². The third-order valence-corrected chi connectivity index (χ3v) is 2.43. The lowest BCUT2D eigenvalue weighted by molar-refractivity contribution is 0.338. The Morgan fingerprint density at radius 2 is 2.06 bits per heavy atom. The number of nitrogens with zero attached hydrogens (tertiary/aromatic N) is 1. The van der Waals surface area contributed by atoms with Gasteiger partial charge in [0.15, 0.2) is 0 Å². The maximum absolute atomic E-state index is 5.76. The van der Waals surface area contributed by atoms with Gasteiger partial charge in [0.25, 0.3) is 0 Å².